The average Bonchev–Trinajstić information content (AvgIpc) is 3.14. The highest BCUT2D eigenvalue weighted by molar-refractivity contribution is 4.86. The summed E-state index contributed by atoms with van der Waals surface area (Å²) in [6, 6.07) is 0.572. The van der Waals surface area contributed by atoms with E-state index in [2.05, 4.69) is 49.2 Å². The first kappa shape index (κ1) is 27.2. The molecule has 0 aromatic carbocycles. The van der Waals surface area contributed by atoms with Crippen LogP contribution in [0.25, 0.3) is 0 Å². The fourth-order valence-electron chi connectivity index (χ4n) is 4.61. The van der Waals surface area contributed by atoms with Gasteiger partial charge in [-0.1, -0.05) is 110 Å². The van der Waals surface area contributed by atoms with Gasteiger partial charge < -0.3 is 0 Å². The van der Waals surface area contributed by atoms with Gasteiger partial charge in [0.15, 0.2) is 0 Å². The quantitative estimate of drug-likeness (QED) is 0.139. The number of hydrogen-bond donors (Lipinski definition) is 0. The van der Waals surface area contributed by atoms with Crippen molar-refractivity contribution in [2.45, 2.75) is 162 Å². The zero-order valence-corrected chi connectivity index (χ0v) is 21.3. The van der Waals surface area contributed by atoms with Crippen LogP contribution >= 0.6 is 0 Å². The van der Waals surface area contributed by atoms with E-state index >= 15 is 0 Å². The van der Waals surface area contributed by atoms with Crippen molar-refractivity contribution in [2.75, 3.05) is 0 Å². The predicted octanol–water partition coefficient (Wildman–Crippen LogP) is 8.96. The molecular formula is C28H55N2+. The largest absolute Gasteiger partial charge is 0.256 e. The first-order valence-corrected chi connectivity index (χ1v) is 13.8. The summed E-state index contributed by atoms with van der Waals surface area (Å²) >= 11 is 0. The molecule has 1 aromatic rings. The number of aryl methyl sites for hydroxylation is 1. The molecule has 0 unspecified atom stereocenters. The Morgan fingerprint density at radius 3 is 1.53 bits per heavy atom. The summed E-state index contributed by atoms with van der Waals surface area (Å²) in [7, 11) is 0. The van der Waals surface area contributed by atoms with Gasteiger partial charge >= 0.3 is 0 Å². The zero-order chi connectivity index (χ0) is 21.9. The second-order valence-corrected chi connectivity index (χ2v) is 9.82. The number of imidazole rings is 1. The summed E-state index contributed by atoms with van der Waals surface area (Å²) < 4.78 is 5.07. The molecule has 0 N–H and O–H groups in total. The van der Waals surface area contributed by atoms with Crippen LogP contribution in [0.5, 0.6) is 0 Å². The molecule has 30 heavy (non-hydrogen) atoms. The third-order valence-corrected chi connectivity index (χ3v) is 6.60. The molecule has 0 fully saturated rings. The normalized spacial score (nSPS) is 11.6. The fourth-order valence-corrected chi connectivity index (χ4v) is 4.61. The summed E-state index contributed by atoms with van der Waals surface area (Å²) in [6.07, 6.45) is 31.3. The maximum Gasteiger partial charge on any atom is 0.256 e. The van der Waals surface area contributed by atoms with Gasteiger partial charge in [-0.3, -0.25) is 0 Å². The SMILES string of the molecule is CCCCCCCCCCCC[n+]1ccn(C(C)C)c1CCCCCCCCCC. The number of rotatable bonds is 21. The van der Waals surface area contributed by atoms with Crippen molar-refractivity contribution >= 4 is 0 Å². The van der Waals surface area contributed by atoms with Crippen molar-refractivity contribution in [3.63, 3.8) is 0 Å². The van der Waals surface area contributed by atoms with Gasteiger partial charge in [0.05, 0.1) is 12.6 Å². The Kier molecular flexibility index (Phi) is 17.2. The third kappa shape index (κ3) is 12.8. The highest BCUT2D eigenvalue weighted by Gasteiger charge is 2.18. The Morgan fingerprint density at radius 2 is 1.07 bits per heavy atom. The Morgan fingerprint density at radius 1 is 0.633 bits per heavy atom. The van der Waals surface area contributed by atoms with Crippen LogP contribution in [0.1, 0.15) is 155 Å². The van der Waals surface area contributed by atoms with Crippen LogP contribution in [0.15, 0.2) is 12.4 Å². The minimum atomic E-state index is 0.572. The molecule has 0 saturated carbocycles. The first-order chi connectivity index (χ1) is 14.7. The van der Waals surface area contributed by atoms with Crippen LogP contribution in [-0.4, -0.2) is 4.57 Å². The molecule has 0 aliphatic carbocycles. The molecule has 2 heteroatoms. The van der Waals surface area contributed by atoms with E-state index in [1.807, 2.05) is 0 Å². The molecule has 2 nitrogen and oxygen atoms in total. The molecular weight excluding hydrogens is 364 g/mol. The Balaban J connectivity index is 2.22. The summed E-state index contributed by atoms with van der Waals surface area (Å²) in [5.74, 6) is 1.56. The lowest BCUT2D eigenvalue weighted by molar-refractivity contribution is -0.704. The van der Waals surface area contributed by atoms with Crippen LogP contribution in [-0.2, 0) is 13.0 Å². The van der Waals surface area contributed by atoms with Gasteiger partial charge in [-0.15, -0.1) is 0 Å². The van der Waals surface area contributed by atoms with E-state index in [1.165, 1.54) is 129 Å². The van der Waals surface area contributed by atoms with Crippen LogP contribution in [0.4, 0.5) is 0 Å². The molecule has 0 bridgehead atoms. The van der Waals surface area contributed by atoms with Gasteiger partial charge in [-0.05, 0) is 33.1 Å². The van der Waals surface area contributed by atoms with Crippen molar-refractivity contribution in [2.24, 2.45) is 0 Å². The second-order valence-electron chi connectivity index (χ2n) is 9.82. The molecule has 0 spiro atoms. The average molecular weight is 420 g/mol. The van der Waals surface area contributed by atoms with E-state index in [4.69, 9.17) is 0 Å². The van der Waals surface area contributed by atoms with Gasteiger partial charge in [-0.25, -0.2) is 9.13 Å². The van der Waals surface area contributed by atoms with Crippen LogP contribution in [0.3, 0.4) is 0 Å². The highest BCUT2D eigenvalue weighted by Crippen LogP contribution is 2.14. The van der Waals surface area contributed by atoms with E-state index < -0.39 is 0 Å². The minimum absolute atomic E-state index is 0.572. The predicted molar refractivity (Wildman–Crippen MR) is 133 cm³/mol. The number of nitrogens with zero attached hydrogens (tertiary/aromatic N) is 2. The van der Waals surface area contributed by atoms with E-state index in [-0.39, 0.29) is 0 Å². The third-order valence-electron chi connectivity index (χ3n) is 6.60. The van der Waals surface area contributed by atoms with E-state index in [1.54, 1.807) is 5.82 Å². The summed E-state index contributed by atoms with van der Waals surface area (Å²) in [5, 5.41) is 0. The van der Waals surface area contributed by atoms with Crippen molar-refractivity contribution in [3.05, 3.63) is 18.2 Å². The molecule has 1 heterocycles. The summed E-state index contributed by atoms with van der Waals surface area (Å²) in [6.45, 7) is 10.5. The fraction of sp³-hybridized carbons (Fsp3) is 0.893. The van der Waals surface area contributed by atoms with Crippen molar-refractivity contribution in [1.82, 2.24) is 4.57 Å². The molecule has 0 radical (unpaired) electrons. The van der Waals surface area contributed by atoms with E-state index in [0.29, 0.717) is 6.04 Å². The number of aromatic nitrogens is 2. The van der Waals surface area contributed by atoms with Gasteiger partial charge in [-0.2, -0.15) is 0 Å². The van der Waals surface area contributed by atoms with Gasteiger partial charge in [0, 0.05) is 6.42 Å². The molecule has 176 valence electrons. The lowest BCUT2D eigenvalue weighted by Crippen LogP contribution is -2.37. The van der Waals surface area contributed by atoms with Crippen molar-refractivity contribution in [1.29, 1.82) is 0 Å². The standard InChI is InChI=1S/C28H55N2/c1-5-7-9-11-13-15-16-18-20-22-24-29-25-26-30(27(3)4)28(29)23-21-19-17-14-12-10-8-6-2/h25-27H,5-24H2,1-4H3/q+1. The zero-order valence-electron chi connectivity index (χ0n) is 21.3. The molecule has 0 atom stereocenters. The highest BCUT2D eigenvalue weighted by atomic mass is 15.2. The van der Waals surface area contributed by atoms with Crippen molar-refractivity contribution in [3.8, 4) is 0 Å². The maximum atomic E-state index is 2.56. The molecule has 0 amide bonds. The van der Waals surface area contributed by atoms with Crippen LogP contribution < -0.4 is 4.57 Å². The topological polar surface area (TPSA) is 8.81 Å². The molecule has 0 aliphatic rings. The van der Waals surface area contributed by atoms with Gasteiger partial charge in [0.2, 0.25) is 0 Å². The van der Waals surface area contributed by atoms with Crippen LogP contribution in [0, 0.1) is 0 Å². The Bertz CT molecular complexity index is 489. The van der Waals surface area contributed by atoms with Crippen molar-refractivity contribution < 1.29 is 4.57 Å². The van der Waals surface area contributed by atoms with Crippen LogP contribution in [0.2, 0.25) is 0 Å². The Hall–Kier alpha value is -0.790. The maximum absolute atomic E-state index is 2.56. The molecule has 1 aromatic heterocycles. The summed E-state index contributed by atoms with van der Waals surface area (Å²) in [5.41, 5.74) is 0. The molecule has 1 rings (SSSR count). The van der Waals surface area contributed by atoms with E-state index in [0.717, 1.165) is 0 Å². The smallest absolute Gasteiger partial charge is 0.234 e. The minimum Gasteiger partial charge on any atom is -0.234 e. The van der Waals surface area contributed by atoms with E-state index in [9.17, 15) is 0 Å². The summed E-state index contributed by atoms with van der Waals surface area (Å²) in [4.78, 5) is 0. The second kappa shape index (κ2) is 18.9. The monoisotopic (exact) mass is 419 g/mol. The van der Waals surface area contributed by atoms with Gasteiger partial charge in [0.25, 0.3) is 5.82 Å². The number of unbranched alkanes of at least 4 members (excludes halogenated alkanes) is 16. The molecule has 0 aliphatic heterocycles. The number of hydrogen-bond acceptors (Lipinski definition) is 0. The van der Waals surface area contributed by atoms with Gasteiger partial charge in [0.1, 0.15) is 12.4 Å². The molecule has 0 saturated heterocycles. The Labute approximate surface area is 189 Å². The first-order valence-electron chi connectivity index (χ1n) is 13.8. The lowest BCUT2D eigenvalue weighted by Gasteiger charge is -2.08. The lowest BCUT2D eigenvalue weighted by atomic mass is 10.1.